The first-order valence-corrected chi connectivity index (χ1v) is 6.36. The van der Waals surface area contributed by atoms with Crippen LogP contribution in [0.25, 0.3) is 5.69 Å². The zero-order valence-electron chi connectivity index (χ0n) is 11.6. The third kappa shape index (κ3) is 3.36. The predicted molar refractivity (Wildman–Crippen MR) is 70.3 cm³/mol. The molecule has 4 nitrogen and oxygen atoms in total. The largest absolute Gasteiger partial charge is 0.573 e. The maximum atomic E-state index is 12.5. The summed E-state index contributed by atoms with van der Waals surface area (Å²) in [5.74, 6) is -0.269. The number of rotatable bonds is 4. The van der Waals surface area contributed by atoms with Gasteiger partial charge >= 0.3 is 6.36 Å². The van der Waals surface area contributed by atoms with Crippen molar-refractivity contribution in [1.29, 1.82) is 0 Å². The molecule has 0 saturated carbocycles. The van der Waals surface area contributed by atoms with Gasteiger partial charge in [-0.15, -0.1) is 13.2 Å². The summed E-state index contributed by atoms with van der Waals surface area (Å²) in [6.07, 6.45) is -3.25. The zero-order valence-corrected chi connectivity index (χ0v) is 11.6. The number of para-hydroxylation sites is 2. The lowest BCUT2D eigenvalue weighted by Gasteiger charge is -2.15. The van der Waals surface area contributed by atoms with E-state index in [9.17, 15) is 18.3 Å². The van der Waals surface area contributed by atoms with E-state index in [0.717, 1.165) is 5.56 Å². The molecule has 21 heavy (non-hydrogen) atoms. The number of alkyl halides is 3. The van der Waals surface area contributed by atoms with Gasteiger partial charge in [0.05, 0.1) is 18.5 Å². The van der Waals surface area contributed by atoms with Crippen molar-refractivity contribution < 1.29 is 23.0 Å². The van der Waals surface area contributed by atoms with Crippen LogP contribution in [-0.4, -0.2) is 21.2 Å². The minimum Gasteiger partial charge on any atom is -0.403 e. The van der Waals surface area contributed by atoms with Crippen molar-refractivity contribution in [3.8, 4) is 11.4 Å². The molecule has 1 N–H and O–H groups in total. The molecule has 114 valence electrons. The molecule has 0 radical (unpaired) electrons. The van der Waals surface area contributed by atoms with Gasteiger partial charge in [0.1, 0.15) is 5.69 Å². The van der Waals surface area contributed by atoms with Gasteiger partial charge in [0.15, 0.2) is 5.75 Å². The molecule has 0 unspecified atom stereocenters. The predicted octanol–water partition coefficient (Wildman–Crippen LogP) is 3.39. The van der Waals surface area contributed by atoms with E-state index in [-0.39, 0.29) is 24.0 Å². The third-order valence-electron chi connectivity index (χ3n) is 2.99. The van der Waals surface area contributed by atoms with Crippen molar-refractivity contribution in [3.63, 3.8) is 0 Å². The third-order valence-corrected chi connectivity index (χ3v) is 2.99. The molecular formula is C14H15F3N2O2. The number of hydrogen-bond donors (Lipinski definition) is 1. The van der Waals surface area contributed by atoms with Crippen molar-refractivity contribution in [3.05, 3.63) is 41.7 Å². The fraction of sp³-hybridized carbons (Fsp3) is 0.357. The average molecular weight is 300 g/mol. The van der Waals surface area contributed by atoms with E-state index in [1.54, 1.807) is 12.3 Å². The first-order chi connectivity index (χ1) is 9.83. The van der Waals surface area contributed by atoms with Crippen LogP contribution in [0.3, 0.4) is 0 Å². The monoisotopic (exact) mass is 300 g/mol. The fourth-order valence-corrected chi connectivity index (χ4v) is 2.08. The molecule has 2 rings (SSSR count). The van der Waals surface area contributed by atoms with Gasteiger partial charge in [-0.05, 0) is 23.6 Å². The van der Waals surface area contributed by atoms with Crippen LogP contribution in [0.1, 0.15) is 31.0 Å². The van der Waals surface area contributed by atoms with E-state index < -0.39 is 6.36 Å². The van der Waals surface area contributed by atoms with Crippen LogP contribution >= 0.6 is 0 Å². The Morgan fingerprint density at radius 3 is 2.52 bits per heavy atom. The van der Waals surface area contributed by atoms with E-state index in [1.165, 1.54) is 22.9 Å². The smallest absolute Gasteiger partial charge is 0.403 e. The molecule has 0 bridgehead atoms. The molecule has 1 heterocycles. The highest BCUT2D eigenvalue weighted by Gasteiger charge is 2.32. The van der Waals surface area contributed by atoms with Gasteiger partial charge in [-0.3, -0.25) is 0 Å². The number of hydrogen-bond acceptors (Lipinski definition) is 3. The molecule has 2 aromatic rings. The molecular weight excluding hydrogens is 285 g/mol. The Bertz CT molecular complexity index is 621. The van der Waals surface area contributed by atoms with Gasteiger partial charge < -0.3 is 9.84 Å². The number of nitrogens with zero attached hydrogens (tertiary/aromatic N) is 2. The lowest BCUT2D eigenvalue weighted by atomic mass is 10.0. The van der Waals surface area contributed by atoms with Gasteiger partial charge in [-0.1, -0.05) is 26.0 Å². The normalized spacial score (nSPS) is 12.0. The standard InChI is InChI=1S/C14H15F3N2O2/c1-9(2)10-7-18-19(12(10)8-20)11-5-3-4-6-13(11)21-14(15,16)17/h3-7,9,20H,8H2,1-2H3. The molecule has 0 aliphatic heterocycles. The van der Waals surface area contributed by atoms with Gasteiger partial charge in [0.25, 0.3) is 0 Å². The summed E-state index contributed by atoms with van der Waals surface area (Å²) in [5, 5.41) is 13.6. The fourth-order valence-electron chi connectivity index (χ4n) is 2.08. The van der Waals surface area contributed by atoms with Crippen molar-refractivity contribution in [2.45, 2.75) is 32.7 Å². The Hall–Kier alpha value is -2.02. The van der Waals surface area contributed by atoms with E-state index >= 15 is 0 Å². The molecule has 0 spiro atoms. The Morgan fingerprint density at radius 1 is 1.29 bits per heavy atom. The second-order valence-electron chi connectivity index (χ2n) is 4.79. The summed E-state index contributed by atoms with van der Waals surface area (Å²) in [6, 6.07) is 5.69. The van der Waals surface area contributed by atoms with Crippen LogP contribution in [0.4, 0.5) is 13.2 Å². The summed E-state index contributed by atoms with van der Waals surface area (Å²) in [4.78, 5) is 0. The van der Waals surface area contributed by atoms with Crippen LogP contribution in [0.2, 0.25) is 0 Å². The van der Waals surface area contributed by atoms with E-state index in [1.807, 2.05) is 13.8 Å². The lowest BCUT2D eigenvalue weighted by molar-refractivity contribution is -0.274. The van der Waals surface area contributed by atoms with Crippen LogP contribution in [0.5, 0.6) is 5.75 Å². The number of halogens is 3. The molecule has 1 aromatic heterocycles. The Morgan fingerprint density at radius 2 is 1.95 bits per heavy atom. The highest BCUT2D eigenvalue weighted by molar-refractivity contribution is 5.48. The minimum atomic E-state index is -4.79. The van der Waals surface area contributed by atoms with Crippen molar-refractivity contribution >= 4 is 0 Å². The molecule has 0 fully saturated rings. The second kappa shape index (κ2) is 5.77. The van der Waals surface area contributed by atoms with Crippen LogP contribution in [0.15, 0.2) is 30.5 Å². The maximum Gasteiger partial charge on any atom is 0.573 e. The zero-order chi connectivity index (χ0) is 15.6. The van der Waals surface area contributed by atoms with E-state index in [2.05, 4.69) is 9.84 Å². The molecule has 0 saturated heterocycles. The number of benzene rings is 1. The summed E-state index contributed by atoms with van der Waals surface area (Å²) in [5.41, 5.74) is 1.35. The molecule has 7 heteroatoms. The van der Waals surface area contributed by atoms with Crippen LogP contribution in [0, 0.1) is 0 Å². The molecule has 1 aromatic carbocycles. The van der Waals surface area contributed by atoms with Gasteiger partial charge in [0, 0.05) is 0 Å². The second-order valence-corrected chi connectivity index (χ2v) is 4.79. The first-order valence-electron chi connectivity index (χ1n) is 6.36. The molecule has 0 amide bonds. The summed E-state index contributed by atoms with van der Waals surface area (Å²) in [7, 11) is 0. The number of ether oxygens (including phenoxy) is 1. The first kappa shape index (κ1) is 15.4. The Balaban J connectivity index is 2.52. The maximum absolute atomic E-state index is 12.5. The van der Waals surface area contributed by atoms with Gasteiger partial charge in [-0.25, -0.2) is 4.68 Å². The number of aromatic nitrogens is 2. The average Bonchev–Trinajstić information content (AvgIpc) is 2.81. The molecule has 0 aliphatic carbocycles. The molecule has 0 aliphatic rings. The van der Waals surface area contributed by atoms with Crippen molar-refractivity contribution in [1.82, 2.24) is 9.78 Å². The highest BCUT2D eigenvalue weighted by Crippen LogP contribution is 2.31. The summed E-state index contributed by atoms with van der Waals surface area (Å²) in [6.45, 7) is 3.51. The van der Waals surface area contributed by atoms with Crippen LogP contribution in [-0.2, 0) is 6.61 Å². The van der Waals surface area contributed by atoms with E-state index in [4.69, 9.17) is 0 Å². The quantitative estimate of drug-likeness (QED) is 0.941. The topological polar surface area (TPSA) is 47.3 Å². The summed E-state index contributed by atoms with van der Waals surface area (Å²) < 4.78 is 42.6. The number of aliphatic hydroxyl groups is 1. The van der Waals surface area contributed by atoms with Gasteiger partial charge in [0.2, 0.25) is 0 Å². The molecule has 0 atom stereocenters. The van der Waals surface area contributed by atoms with E-state index in [0.29, 0.717) is 5.69 Å². The summed E-state index contributed by atoms with van der Waals surface area (Å²) >= 11 is 0. The van der Waals surface area contributed by atoms with Gasteiger partial charge in [-0.2, -0.15) is 5.10 Å². The Labute approximate surface area is 119 Å². The highest BCUT2D eigenvalue weighted by atomic mass is 19.4. The van der Waals surface area contributed by atoms with Crippen molar-refractivity contribution in [2.75, 3.05) is 0 Å². The van der Waals surface area contributed by atoms with Crippen molar-refractivity contribution in [2.24, 2.45) is 0 Å². The lowest BCUT2D eigenvalue weighted by Crippen LogP contribution is -2.19. The number of aliphatic hydroxyl groups excluding tert-OH is 1. The Kier molecular flexibility index (Phi) is 4.22. The van der Waals surface area contributed by atoms with Crippen LogP contribution < -0.4 is 4.74 Å². The SMILES string of the molecule is CC(C)c1cnn(-c2ccccc2OC(F)(F)F)c1CO. The minimum absolute atomic E-state index is 0.0941.